The third-order valence-corrected chi connectivity index (χ3v) is 5.00. The molecule has 0 spiro atoms. The van der Waals surface area contributed by atoms with Crippen LogP contribution in [0.4, 0.5) is 5.82 Å². The highest BCUT2D eigenvalue weighted by atomic mass is 16.5. The highest BCUT2D eigenvalue weighted by Crippen LogP contribution is 2.20. The summed E-state index contributed by atoms with van der Waals surface area (Å²) in [6.45, 7) is 2.34. The molecule has 1 atom stereocenters. The minimum Gasteiger partial charge on any atom is -0.465 e. The average Bonchev–Trinajstić information content (AvgIpc) is 3.39. The van der Waals surface area contributed by atoms with Gasteiger partial charge in [0.05, 0.1) is 36.3 Å². The molecular weight excluding hydrogens is 422 g/mol. The lowest BCUT2D eigenvalue weighted by Crippen LogP contribution is -2.37. The molecule has 0 saturated carbocycles. The van der Waals surface area contributed by atoms with E-state index in [0.717, 1.165) is 19.3 Å². The number of nitrogens with zero attached hydrogens (tertiary/aromatic N) is 5. The van der Waals surface area contributed by atoms with Crippen LogP contribution in [0.3, 0.4) is 0 Å². The summed E-state index contributed by atoms with van der Waals surface area (Å²) in [7, 11) is 1.25. The van der Waals surface area contributed by atoms with E-state index in [9.17, 15) is 14.9 Å². The molecule has 0 aliphatic heterocycles. The van der Waals surface area contributed by atoms with E-state index < -0.39 is 5.97 Å². The zero-order valence-electron chi connectivity index (χ0n) is 18.5. The van der Waals surface area contributed by atoms with E-state index in [1.165, 1.54) is 24.2 Å². The van der Waals surface area contributed by atoms with Gasteiger partial charge in [-0.1, -0.05) is 31.9 Å². The third kappa shape index (κ3) is 5.71. The molecule has 3 aromatic rings. The molecule has 10 nitrogen and oxygen atoms in total. The van der Waals surface area contributed by atoms with Crippen molar-refractivity contribution in [1.82, 2.24) is 25.3 Å². The van der Waals surface area contributed by atoms with Gasteiger partial charge in [-0.2, -0.15) is 20.3 Å². The summed E-state index contributed by atoms with van der Waals surface area (Å²) in [5, 5.41) is 23.8. The molecule has 0 bridgehead atoms. The molecule has 1 aromatic carbocycles. The SMILES string of the molecule is CCCCC(CNC(=O)c1ccccc1-n1nccn1)Nc1nccc(C#N)c1C(=O)OC. The largest absolute Gasteiger partial charge is 0.465 e. The van der Waals surface area contributed by atoms with E-state index in [4.69, 9.17) is 4.74 Å². The quantitative estimate of drug-likeness (QED) is 0.453. The number of carbonyl (C=O) groups is 2. The molecule has 170 valence electrons. The lowest BCUT2D eigenvalue weighted by atomic mass is 10.1. The van der Waals surface area contributed by atoms with Gasteiger partial charge in [0.1, 0.15) is 17.5 Å². The molecule has 1 unspecified atom stereocenters. The molecule has 33 heavy (non-hydrogen) atoms. The minimum atomic E-state index is -0.652. The summed E-state index contributed by atoms with van der Waals surface area (Å²) >= 11 is 0. The monoisotopic (exact) mass is 447 g/mol. The van der Waals surface area contributed by atoms with Gasteiger partial charge in [0.25, 0.3) is 5.91 Å². The first-order valence-electron chi connectivity index (χ1n) is 10.6. The third-order valence-electron chi connectivity index (χ3n) is 5.00. The summed E-state index contributed by atoms with van der Waals surface area (Å²) < 4.78 is 4.83. The first-order chi connectivity index (χ1) is 16.1. The smallest absolute Gasteiger partial charge is 0.342 e. The Morgan fingerprint density at radius 1 is 1.18 bits per heavy atom. The number of amides is 1. The zero-order valence-corrected chi connectivity index (χ0v) is 18.5. The Balaban J connectivity index is 1.79. The number of nitriles is 1. The zero-order chi connectivity index (χ0) is 23.6. The lowest BCUT2D eigenvalue weighted by Gasteiger charge is -2.21. The predicted octanol–water partition coefficient (Wildman–Crippen LogP) is 2.72. The van der Waals surface area contributed by atoms with Crippen molar-refractivity contribution in [2.75, 3.05) is 19.0 Å². The molecule has 0 aliphatic rings. The van der Waals surface area contributed by atoms with Gasteiger partial charge in [0, 0.05) is 18.8 Å². The number of esters is 1. The fourth-order valence-corrected chi connectivity index (χ4v) is 3.33. The predicted molar refractivity (Wildman–Crippen MR) is 121 cm³/mol. The Morgan fingerprint density at radius 2 is 1.94 bits per heavy atom. The number of nitrogens with one attached hydrogen (secondary N) is 2. The summed E-state index contributed by atoms with van der Waals surface area (Å²) in [6.07, 6.45) is 7.11. The maximum absolute atomic E-state index is 13.0. The number of ether oxygens (including phenoxy) is 1. The van der Waals surface area contributed by atoms with Gasteiger partial charge in [0.2, 0.25) is 0 Å². The van der Waals surface area contributed by atoms with Crippen LogP contribution in [-0.4, -0.2) is 51.6 Å². The normalized spacial score (nSPS) is 11.3. The minimum absolute atomic E-state index is 0.0745. The number of carbonyl (C=O) groups excluding carboxylic acids is 2. The highest BCUT2D eigenvalue weighted by Gasteiger charge is 2.22. The van der Waals surface area contributed by atoms with E-state index in [-0.39, 0.29) is 35.4 Å². The Morgan fingerprint density at radius 3 is 2.64 bits per heavy atom. The van der Waals surface area contributed by atoms with Gasteiger partial charge in [-0.25, -0.2) is 9.78 Å². The van der Waals surface area contributed by atoms with Crippen molar-refractivity contribution in [2.24, 2.45) is 0 Å². The standard InChI is InChI=1S/C23H25N7O3/c1-3-4-7-17(29-21-20(23(32)33-2)16(14-24)10-11-25-21)15-26-22(31)18-8-5-6-9-19(18)30-27-12-13-28-30/h5-6,8-13,17H,3-4,7,15H2,1-2H3,(H,25,29)(H,26,31). The number of rotatable bonds is 10. The Labute approximate surface area is 191 Å². The van der Waals surface area contributed by atoms with Crippen LogP contribution in [0.2, 0.25) is 0 Å². The van der Waals surface area contributed by atoms with E-state index >= 15 is 0 Å². The molecule has 1 amide bonds. The number of hydrogen-bond acceptors (Lipinski definition) is 8. The van der Waals surface area contributed by atoms with Crippen LogP contribution >= 0.6 is 0 Å². The fraction of sp³-hybridized carbons (Fsp3) is 0.304. The van der Waals surface area contributed by atoms with Crippen molar-refractivity contribution in [3.8, 4) is 11.8 Å². The van der Waals surface area contributed by atoms with Gasteiger partial charge in [-0.05, 0) is 24.6 Å². The van der Waals surface area contributed by atoms with Crippen LogP contribution in [0.25, 0.3) is 5.69 Å². The molecule has 0 saturated heterocycles. The maximum Gasteiger partial charge on any atom is 0.342 e. The number of hydrogen-bond donors (Lipinski definition) is 2. The van der Waals surface area contributed by atoms with Gasteiger partial charge in [0.15, 0.2) is 0 Å². The van der Waals surface area contributed by atoms with Crippen LogP contribution in [0.1, 0.15) is 52.5 Å². The van der Waals surface area contributed by atoms with Crippen LogP contribution in [0.15, 0.2) is 48.9 Å². The number of aromatic nitrogens is 4. The van der Waals surface area contributed by atoms with E-state index in [1.54, 1.807) is 30.6 Å². The molecular formula is C23H25N7O3. The molecule has 0 fully saturated rings. The average molecular weight is 447 g/mol. The number of unbranched alkanes of at least 4 members (excludes halogenated alkanes) is 1. The molecule has 0 radical (unpaired) electrons. The van der Waals surface area contributed by atoms with Crippen molar-refractivity contribution in [3.05, 3.63) is 65.6 Å². The second-order valence-corrected chi connectivity index (χ2v) is 7.21. The fourth-order valence-electron chi connectivity index (χ4n) is 3.33. The number of benzene rings is 1. The van der Waals surface area contributed by atoms with Crippen LogP contribution in [0.5, 0.6) is 0 Å². The van der Waals surface area contributed by atoms with Crippen LogP contribution in [0, 0.1) is 11.3 Å². The van der Waals surface area contributed by atoms with E-state index in [1.807, 2.05) is 12.1 Å². The Kier molecular flexibility index (Phi) is 8.07. The van der Waals surface area contributed by atoms with Crippen molar-refractivity contribution >= 4 is 17.7 Å². The molecule has 2 N–H and O–H groups in total. The first-order valence-corrected chi connectivity index (χ1v) is 10.6. The number of para-hydroxylation sites is 1. The number of anilines is 1. The van der Waals surface area contributed by atoms with Crippen molar-refractivity contribution < 1.29 is 14.3 Å². The maximum atomic E-state index is 13.0. The summed E-state index contributed by atoms with van der Waals surface area (Å²) in [4.78, 5) is 30.9. The van der Waals surface area contributed by atoms with Crippen LogP contribution < -0.4 is 10.6 Å². The van der Waals surface area contributed by atoms with E-state index in [2.05, 4.69) is 32.7 Å². The van der Waals surface area contributed by atoms with Crippen LogP contribution in [-0.2, 0) is 4.74 Å². The second-order valence-electron chi connectivity index (χ2n) is 7.21. The van der Waals surface area contributed by atoms with Gasteiger partial charge < -0.3 is 15.4 Å². The molecule has 2 heterocycles. The molecule has 10 heteroatoms. The lowest BCUT2D eigenvalue weighted by molar-refractivity contribution is 0.0600. The molecule has 3 rings (SSSR count). The second kappa shape index (κ2) is 11.4. The summed E-state index contributed by atoms with van der Waals surface area (Å²) in [5.74, 6) is -0.684. The topological polar surface area (TPSA) is 135 Å². The number of methoxy groups -OCH3 is 1. The van der Waals surface area contributed by atoms with Crippen molar-refractivity contribution in [3.63, 3.8) is 0 Å². The van der Waals surface area contributed by atoms with Gasteiger partial charge >= 0.3 is 5.97 Å². The highest BCUT2D eigenvalue weighted by molar-refractivity contribution is 5.98. The number of pyridine rings is 1. The summed E-state index contributed by atoms with van der Waals surface area (Å²) in [5.41, 5.74) is 1.24. The molecule has 0 aliphatic carbocycles. The van der Waals surface area contributed by atoms with E-state index in [0.29, 0.717) is 11.3 Å². The van der Waals surface area contributed by atoms with Gasteiger partial charge in [-0.15, -0.1) is 0 Å². The first kappa shape index (κ1) is 23.4. The Hall–Kier alpha value is -4.26. The van der Waals surface area contributed by atoms with Crippen molar-refractivity contribution in [1.29, 1.82) is 5.26 Å². The van der Waals surface area contributed by atoms with Crippen molar-refractivity contribution in [2.45, 2.75) is 32.2 Å². The Bertz CT molecular complexity index is 1140. The molecule has 2 aromatic heterocycles. The summed E-state index contributed by atoms with van der Waals surface area (Å²) in [6, 6.07) is 10.3. The van der Waals surface area contributed by atoms with Gasteiger partial charge in [-0.3, -0.25) is 4.79 Å².